The quantitative estimate of drug-likeness (QED) is 0.664. The van der Waals surface area contributed by atoms with Gasteiger partial charge in [0.2, 0.25) is 10.0 Å². The van der Waals surface area contributed by atoms with Gasteiger partial charge in [-0.1, -0.05) is 0 Å². The van der Waals surface area contributed by atoms with Crippen molar-refractivity contribution in [3.8, 4) is 6.19 Å². The molecule has 2 saturated carbocycles. The minimum absolute atomic E-state index is 0.0193. The van der Waals surface area contributed by atoms with Gasteiger partial charge in [-0.05, 0) is 63.6 Å². The first-order valence-corrected chi connectivity index (χ1v) is 12.0. The van der Waals surface area contributed by atoms with Crippen LogP contribution < -0.4 is 16.0 Å². The summed E-state index contributed by atoms with van der Waals surface area (Å²) in [4.78, 5) is 28.3. The largest absolute Gasteiger partial charge is 0.332 e. The number of fused-ring (bicyclic) bond motifs is 1. The number of likely N-dealkylation sites (tertiary alicyclic amines) is 1. The summed E-state index contributed by atoms with van der Waals surface area (Å²) in [5.74, 6) is 0.386. The highest BCUT2D eigenvalue weighted by atomic mass is 32.2. The van der Waals surface area contributed by atoms with Crippen LogP contribution in [0.3, 0.4) is 0 Å². The third-order valence-corrected chi connectivity index (χ3v) is 8.32. The molecule has 1 N–H and O–H groups in total. The molecule has 3 fully saturated rings. The number of benzene rings is 1. The topological polar surface area (TPSA) is 117 Å². The lowest BCUT2D eigenvalue weighted by atomic mass is 9.92. The number of hydrogen-bond donors (Lipinski definition) is 1. The van der Waals surface area contributed by atoms with Crippen LogP contribution in [0.2, 0.25) is 0 Å². The fourth-order valence-electron chi connectivity index (χ4n) is 4.39. The van der Waals surface area contributed by atoms with E-state index in [-0.39, 0.29) is 23.4 Å². The first-order chi connectivity index (χ1) is 14.6. The van der Waals surface area contributed by atoms with Crippen LogP contribution in [0.1, 0.15) is 39.5 Å². The Morgan fingerprint density at radius 1 is 1.19 bits per heavy atom. The number of sulfonamides is 1. The standard InChI is InChI=1S/C21H25N5O4S/c1-20(7-8-20)23-31(29,30)15-5-6-17-16(9-15)18(27)26(21(2)11-24(12-21)13-22)19(28)25(17)10-14-3-4-14/h5-6,9,14,23H,3-4,7-8,10-12H2,1-2H3. The predicted molar refractivity (Wildman–Crippen MR) is 114 cm³/mol. The van der Waals surface area contributed by atoms with Crippen LogP contribution in [0, 0.1) is 17.4 Å². The first-order valence-electron chi connectivity index (χ1n) is 10.5. The maximum atomic E-state index is 13.4. The molecule has 1 aromatic carbocycles. The molecule has 1 aromatic heterocycles. The lowest BCUT2D eigenvalue weighted by Gasteiger charge is -2.45. The Kier molecular flexibility index (Phi) is 4.21. The lowest BCUT2D eigenvalue weighted by molar-refractivity contribution is 0.0674. The van der Waals surface area contributed by atoms with Gasteiger partial charge in [0.15, 0.2) is 6.19 Å². The van der Waals surface area contributed by atoms with E-state index in [9.17, 15) is 18.0 Å². The van der Waals surface area contributed by atoms with E-state index in [0.29, 0.717) is 18.0 Å². The molecule has 0 atom stereocenters. The van der Waals surface area contributed by atoms with Crippen molar-refractivity contribution in [2.45, 2.75) is 62.0 Å². The summed E-state index contributed by atoms with van der Waals surface area (Å²) in [6.07, 6.45) is 5.65. The van der Waals surface area contributed by atoms with Crippen LogP contribution in [0.4, 0.5) is 0 Å². The molecule has 9 nitrogen and oxygen atoms in total. The molecule has 0 spiro atoms. The molecule has 2 aromatic rings. The number of nitrogens with one attached hydrogen (secondary N) is 1. The molecule has 10 heteroatoms. The highest BCUT2D eigenvalue weighted by Gasteiger charge is 2.44. The summed E-state index contributed by atoms with van der Waals surface area (Å²) in [7, 11) is -3.79. The van der Waals surface area contributed by atoms with E-state index < -0.39 is 32.4 Å². The summed E-state index contributed by atoms with van der Waals surface area (Å²) >= 11 is 0. The van der Waals surface area contributed by atoms with Crippen LogP contribution in [-0.2, 0) is 22.1 Å². The second-order valence-corrected chi connectivity index (χ2v) is 11.5. The second-order valence-electron chi connectivity index (χ2n) is 9.78. The van der Waals surface area contributed by atoms with Crippen molar-refractivity contribution in [2.24, 2.45) is 5.92 Å². The van der Waals surface area contributed by atoms with Crippen LogP contribution in [-0.4, -0.2) is 41.1 Å². The van der Waals surface area contributed by atoms with Crippen molar-refractivity contribution in [1.29, 1.82) is 5.26 Å². The predicted octanol–water partition coefficient (Wildman–Crippen LogP) is 0.916. The Hall–Kier alpha value is -2.64. The number of rotatable bonds is 6. The van der Waals surface area contributed by atoms with Crippen LogP contribution in [0.5, 0.6) is 0 Å². The Bertz CT molecular complexity index is 1350. The summed E-state index contributed by atoms with van der Waals surface area (Å²) in [6.45, 7) is 4.67. The third kappa shape index (κ3) is 3.36. The van der Waals surface area contributed by atoms with E-state index in [4.69, 9.17) is 5.26 Å². The minimum atomic E-state index is -3.79. The minimum Gasteiger partial charge on any atom is -0.306 e. The van der Waals surface area contributed by atoms with Crippen molar-refractivity contribution >= 4 is 20.9 Å². The molecule has 2 aliphatic carbocycles. The maximum absolute atomic E-state index is 13.4. The molecule has 0 radical (unpaired) electrons. The molecule has 0 bridgehead atoms. The van der Waals surface area contributed by atoms with Gasteiger partial charge >= 0.3 is 5.69 Å². The number of nitriles is 1. The highest BCUT2D eigenvalue weighted by molar-refractivity contribution is 7.89. The van der Waals surface area contributed by atoms with E-state index in [0.717, 1.165) is 25.7 Å². The van der Waals surface area contributed by atoms with Crippen molar-refractivity contribution < 1.29 is 8.42 Å². The van der Waals surface area contributed by atoms with Gasteiger partial charge < -0.3 is 4.90 Å². The normalized spacial score (nSPS) is 21.5. The van der Waals surface area contributed by atoms with E-state index in [1.807, 2.05) is 13.1 Å². The Balaban J connectivity index is 1.69. The fraction of sp³-hybridized carbons (Fsp3) is 0.571. The van der Waals surface area contributed by atoms with E-state index >= 15 is 0 Å². The molecule has 3 aliphatic rings. The van der Waals surface area contributed by atoms with Crippen molar-refractivity contribution in [3.63, 3.8) is 0 Å². The third-order valence-electron chi connectivity index (χ3n) is 6.69. The molecule has 1 aliphatic heterocycles. The van der Waals surface area contributed by atoms with Crippen LogP contribution in [0.15, 0.2) is 32.7 Å². The molecule has 1 saturated heterocycles. The molecule has 164 valence electrons. The van der Waals surface area contributed by atoms with Crippen LogP contribution >= 0.6 is 0 Å². The molecule has 31 heavy (non-hydrogen) atoms. The van der Waals surface area contributed by atoms with Crippen molar-refractivity contribution in [2.75, 3.05) is 13.1 Å². The van der Waals surface area contributed by atoms with Gasteiger partial charge in [0.05, 0.1) is 34.4 Å². The summed E-state index contributed by atoms with van der Waals surface area (Å²) in [5.41, 5.74) is -1.70. The van der Waals surface area contributed by atoms with Crippen molar-refractivity contribution in [1.82, 2.24) is 18.8 Å². The van der Waals surface area contributed by atoms with Crippen molar-refractivity contribution in [3.05, 3.63) is 39.0 Å². The molecule has 2 heterocycles. The zero-order valence-corrected chi connectivity index (χ0v) is 18.4. The van der Waals surface area contributed by atoms with Gasteiger partial charge in [0, 0.05) is 12.1 Å². The highest BCUT2D eigenvalue weighted by Crippen LogP contribution is 2.36. The fourth-order valence-corrected chi connectivity index (χ4v) is 5.88. The van der Waals surface area contributed by atoms with E-state index in [1.54, 1.807) is 17.6 Å². The Morgan fingerprint density at radius 3 is 2.45 bits per heavy atom. The van der Waals surface area contributed by atoms with Gasteiger partial charge in [-0.25, -0.2) is 17.9 Å². The smallest absolute Gasteiger partial charge is 0.306 e. The molecular weight excluding hydrogens is 418 g/mol. The molecule has 5 rings (SSSR count). The summed E-state index contributed by atoms with van der Waals surface area (Å²) < 4.78 is 31.3. The van der Waals surface area contributed by atoms with E-state index in [1.165, 1.54) is 21.6 Å². The van der Waals surface area contributed by atoms with Gasteiger partial charge in [0.1, 0.15) is 0 Å². The number of hydrogen-bond acceptors (Lipinski definition) is 6. The number of nitrogens with zero attached hydrogens (tertiary/aromatic N) is 4. The zero-order valence-electron chi connectivity index (χ0n) is 17.6. The SMILES string of the molecule is CC1(NS(=O)(=O)c2ccc3c(c2)c(=O)n(C2(C)CN(C#N)C2)c(=O)n3CC2CC2)CC1. The lowest BCUT2D eigenvalue weighted by Crippen LogP contribution is -2.65. The molecule has 0 unspecified atom stereocenters. The average molecular weight is 444 g/mol. The average Bonchev–Trinajstić information content (AvgIpc) is 3.61. The first kappa shape index (κ1) is 20.3. The Morgan fingerprint density at radius 2 is 1.87 bits per heavy atom. The zero-order chi connectivity index (χ0) is 22.2. The summed E-state index contributed by atoms with van der Waals surface area (Å²) in [5, 5.41) is 9.32. The monoisotopic (exact) mass is 443 g/mol. The maximum Gasteiger partial charge on any atom is 0.332 e. The second kappa shape index (κ2) is 6.43. The summed E-state index contributed by atoms with van der Waals surface area (Å²) in [6, 6.07) is 4.42. The Labute approximate surface area is 179 Å². The molecule has 0 amide bonds. The van der Waals surface area contributed by atoms with Crippen LogP contribution in [0.25, 0.3) is 10.9 Å². The van der Waals surface area contributed by atoms with E-state index in [2.05, 4.69) is 4.72 Å². The van der Waals surface area contributed by atoms with Gasteiger partial charge in [-0.15, -0.1) is 0 Å². The number of aromatic nitrogens is 2. The van der Waals surface area contributed by atoms with Gasteiger partial charge in [-0.2, -0.15) is 5.26 Å². The molecular formula is C21H25N5O4S. The van der Waals surface area contributed by atoms with Gasteiger partial charge in [0.25, 0.3) is 5.56 Å². The van der Waals surface area contributed by atoms with Gasteiger partial charge in [-0.3, -0.25) is 13.9 Å².